The zero-order valence-electron chi connectivity index (χ0n) is 12.6. The van der Waals surface area contributed by atoms with Crippen LogP contribution in [0, 0.1) is 0 Å². The Balaban J connectivity index is 1.88. The fraction of sp³-hybridized carbons (Fsp3) is 0.400. The van der Waals surface area contributed by atoms with E-state index in [-0.39, 0.29) is 13.0 Å². The van der Waals surface area contributed by atoms with E-state index in [1.807, 2.05) is 0 Å². The van der Waals surface area contributed by atoms with Crippen molar-refractivity contribution in [3.8, 4) is 11.5 Å². The molecule has 2 aliphatic rings. The van der Waals surface area contributed by atoms with Gasteiger partial charge in [0, 0.05) is 13.0 Å². The molecule has 1 atom stereocenters. The number of ether oxygens (including phenoxy) is 2. The van der Waals surface area contributed by atoms with Crippen molar-refractivity contribution in [3.05, 3.63) is 23.8 Å². The van der Waals surface area contributed by atoms with Gasteiger partial charge in [-0.1, -0.05) is 6.07 Å². The van der Waals surface area contributed by atoms with Gasteiger partial charge in [-0.25, -0.2) is 4.79 Å². The number of primary amides is 1. The van der Waals surface area contributed by atoms with Gasteiger partial charge in [0.05, 0.1) is 0 Å². The van der Waals surface area contributed by atoms with E-state index in [1.165, 1.54) is 0 Å². The third kappa shape index (κ3) is 2.56. The molecule has 23 heavy (non-hydrogen) atoms. The van der Waals surface area contributed by atoms with Gasteiger partial charge in [-0.2, -0.15) is 0 Å². The van der Waals surface area contributed by atoms with Gasteiger partial charge in [0.1, 0.15) is 18.8 Å². The average Bonchev–Trinajstić information content (AvgIpc) is 2.75. The molecule has 0 radical (unpaired) electrons. The van der Waals surface area contributed by atoms with Gasteiger partial charge >= 0.3 is 6.03 Å². The maximum atomic E-state index is 12.6. The van der Waals surface area contributed by atoms with Crippen molar-refractivity contribution < 1.29 is 23.9 Å². The summed E-state index contributed by atoms with van der Waals surface area (Å²) in [7, 11) is 0. The standard InChI is InChI=1S/C15H17N3O5/c1-15(9-2-3-10-11(8-9)23-7-6-22-10)13(20)18(14(21)17-15)5-4-12(16)19/h2-3,8H,4-7H2,1H3,(H2,16,19)(H,17,21). The normalized spacial score (nSPS) is 22.9. The molecule has 0 bridgehead atoms. The highest BCUT2D eigenvalue weighted by molar-refractivity contribution is 6.07. The molecule has 0 aliphatic carbocycles. The number of fused-ring (bicyclic) bond motifs is 1. The largest absolute Gasteiger partial charge is 0.486 e. The van der Waals surface area contributed by atoms with E-state index < -0.39 is 23.4 Å². The van der Waals surface area contributed by atoms with Crippen LogP contribution in [0.15, 0.2) is 18.2 Å². The van der Waals surface area contributed by atoms with Crippen molar-refractivity contribution in [1.82, 2.24) is 10.2 Å². The quantitative estimate of drug-likeness (QED) is 0.765. The minimum atomic E-state index is -1.22. The van der Waals surface area contributed by atoms with E-state index in [4.69, 9.17) is 15.2 Å². The van der Waals surface area contributed by atoms with Crippen molar-refractivity contribution in [3.63, 3.8) is 0 Å². The maximum absolute atomic E-state index is 12.6. The van der Waals surface area contributed by atoms with Crippen LogP contribution in [0.3, 0.4) is 0 Å². The Hall–Kier alpha value is -2.77. The number of hydrogen-bond donors (Lipinski definition) is 2. The first kappa shape index (κ1) is 15.1. The van der Waals surface area contributed by atoms with E-state index in [2.05, 4.69) is 5.32 Å². The number of nitrogens with zero attached hydrogens (tertiary/aromatic N) is 1. The zero-order valence-corrected chi connectivity index (χ0v) is 12.6. The molecule has 0 aromatic heterocycles. The lowest BCUT2D eigenvalue weighted by atomic mass is 9.91. The Bertz CT molecular complexity index is 690. The highest BCUT2D eigenvalue weighted by Crippen LogP contribution is 2.36. The number of urea groups is 1. The van der Waals surface area contributed by atoms with Crippen LogP contribution in [-0.4, -0.2) is 42.5 Å². The molecule has 2 aliphatic heterocycles. The topological polar surface area (TPSA) is 111 Å². The van der Waals surface area contributed by atoms with Crippen molar-refractivity contribution in [1.29, 1.82) is 0 Å². The lowest BCUT2D eigenvalue weighted by Gasteiger charge is -2.25. The SMILES string of the molecule is CC1(c2ccc3c(c2)OCCO3)NC(=O)N(CCC(N)=O)C1=O. The minimum Gasteiger partial charge on any atom is -0.486 e. The van der Waals surface area contributed by atoms with E-state index in [0.29, 0.717) is 30.3 Å². The molecule has 1 saturated heterocycles. The summed E-state index contributed by atoms with van der Waals surface area (Å²) in [4.78, 5) is 36.6. The number of carbonyl (C=O) groups excluding carboxylic acids is 3. The summed E-state index contributed by atoms with van der Waals surface area (Å²) >= 11 is 0. The summed E-state index contributed by atoms with van der Waals surface area (Å²) in [5.41, 5.74) is 4.44. The number of carbonyl (C=O) groups is 3. The number of amides is 4. The van der Waals surface area contributed by atoms with Crippen molar-refractivity contribution in [2.45, 2.75) is 18.9 Å². The molecule has 1 aromatic rings. The number of hydrogen-bond acceptors (Lipinski definition) is 5. The third-order valence-electron chi connectivity index (χ3n) is 3.98. The van der Waals surface area contributed by atoms with Crippen LogP contribution in [0.4, 0.5) is 4.79 Å². The van der Waals surface area contributed by atoms with Gasteiger partial charge in [0.2, 0.25) is 5.91 Å². The average molecular weight is 319 g/mol. The van der Waals surface area contributed by atoms with Crippen LogP contribution in [0.25, 0.3) is 0 Å². The Morgan fingerprint density at radius 1 is 1.30 bits per heavy atom. The fourth-order valence-corrected chi connectivity index (χ4v) is 2.67. The molecule has 1 fully saturated rings. The highest BCUT2D eigenvalue weighted by Gasteiger charge is 2.49. The van der Waals surface area contributed by atoms with E-state index in [9.17, 15) is 14.4 Å². The molecular weight excluding hydrogens is 302 g/mol. The second kappa shape index (κ2) is 5.45. The van der Waals surface area contributed by atoms with Crippen molar-refractivity contribution >= 4 is 17.8 Å². The fourth-order valence-electron chi connectivity index (χ4n) is 2.67. The summed E-state index contributed by atoms with van der Waals surface area (Å²) in [6.07, 6.45) is -0.0730. The molecule has 3 N–H and O–H groups in total. The van der Waals surface area contributed by atoms with Crippen LogP contribution < -0.4 is 20.5 Å². The van der Waals surface area contributed by atoms with E-state index in [0.717, 1.165) is 4.90 Å². The van der Waals surface area contributed by atoms with Gasteiger partial charge in [-0.05, 0) is 24.6 Å². The molecule has 122 valence electrons. The number of rotatable bonds is 4. The molecule has 3 rings (SSSR count). The molecule has 1 aromatic carbocycles. The number of benzene rings is 1. The van der Waals surface area contributed by atoms with Crippen LogP contribution in [0.2, 0.25) is 0 Å². The van der Waals surface area contributed by atoms with Crippen LogP contribution in [0.5, 0.6) is 11.5 Å². The molecular formula is C15H17N3O5. The summed E-state index contributed by atoms with van der Waals surface area (Å²) in [5, 5.41) is 2.67. The smallest absolute Gasteiger partial charge is 0.325 e. The summed E-state index contributed by atoms with van der Waals surface area (Å²) in [6.45, 7) is 2.47. The first-order valence-electron chi connectivity index (χ1n) is 7.24. The summed E-state index contributed by atoms with van der Waals surface area (Å²) < 4.78 is 11.0. The van der Waals surface area contributed by atoms with Gasteiger partial charge in [0.25, 0.3) is 5.91 Å². The van der Waals surface area contributed by atoms with Crippen molar-refractivity contribution in [2.75, 3.05) is 19.8 Å². The first-order valence-corrected chi connectivity index (χ1v) is 7.24. The van der Waals surface area contributed by atoms with Crippen molar-refractivity contribution in [2.24, 2.45) is 5.73 Å². The minimum absolute atomic E-state index is 0.0415. The van der Waals surface area contributed by atoms with Gasteiger partial charge in [-0.3, -0.25) is 14.5 Å². The Morgan fingerprint density at radius 3 is 2.70 bits per heavy atom. The Morgan fingerprint density at radius 2 is 2.00 bits per heavy atom. The number of imide groups is 1. The van der Waals surface area contributed by atoms with E-state index in [1.54, 1.807) is 25.1 Å². The van der Waals surface area contributed by atoms with Gasteiger partial charge < -0.3 is 20.5 Å². The highest BCUT2D eigenvalue weighted by atomic mass is 16.6. The second-order valence-corrected chi connectivity index (χ2v) is 5.59. The van der Waals surface area contributed by atoms with Gasteiger partial charge in [-0.15, -0.1) is 0 Å². The molecule has 2 heterocycles. The van der Waals surface area contributed by atoms with Crippen LogP contribution in [-0.2, 0) is 15.1 Å². The first-order chi connectivity index (χ1) is 10.9. The molecule has 8 heteroatoms. The summed E-state index contributed by atoms with van der Waals surface area (Å²) in [6, 6.07) is 4.56. The zero-order chi connectivity index (χ0) is 16.6. The third-order valence-corrected chi connectivity index (χ3v) is 3.98. The predicted molar refractivity (Wildman–Crippen MR) is 78.8 cm³/mol. The Labute approximate surface area is 132 Å². The molecule has 8 nitrogen and oxygen atoms in total. The number of nitrogens with two attached hydrogens (primary N) is 1. The maximum Gasteiger partial charge on any atom is 0.325 e. The lowest BCUT2D eigenvalue weighted by Crippen LogP contribution is -2.41. The molecule has 0 saturated carbocycles. The van der Waals surface area contributed by atoms with Gasteiger partial charge in [0.15, 0.2) is 11.5 Å². The van der Waals surface area contributed by atoms with E-state index >= 15 is 0 Å². The lowest BCUT2D eigenvalue weighted by molar-refractivity contribution is -0.131. The monoisotopic (exact) mass is 319 g/mol. The Kier molecular flexibility index (Phi) is 3.59. The molecule has 0 spiro atoms. The predicted octanol–water partition coefficient (Wildman–Crippen LogP) is 0.100. The second-order valence-electron chi connectivity index (χ2n) is 5.59. The summed E-state index contributed by atoms with van der Waals surface area (Å²) in [5.74, 6) is 0.137. The molecule has 4 amide bonds. The number of nitrogens with one attached hydrogen (secondary N) is 1. The molecule has 1 unspecified atom stereocenters. The van der Waals surface area contributed by atoms with Crippen LogP contribution in [0.1, 0.15) is 18.9 Å². The van der Waals surface area contributed by atoms with Crippen LogP contribution >= 0.6 is 0 Å².